The lowest BCUT2D eigenvalue weighted by atomic mass is 10.00. The first-order valence-corrected chi connectivity index (χ1v) is 10.7. The second-order valence-corrected chi connectivity index (χ2v) is 7.93. The fourth-order valence-corrected chi connectivity index (χ4v) is 4.40. The fourth-order valence-electron chi connectivity index (χ4n) is 4.40. The zero-order valence-corrected chi connectivity index (χ0v) is 19.2. The predicted molar refractivity (Wildman–Crippen MR) is 125 cm³/mol. The molecule has 0 bridgehead atoms. The van der Waals surface area contributed by atoms with Crippen LogP contribution in [0.1, 0.15) is 22.7 Å². The summed E-state index contributed by atoms with van der Waals surface area (Å²) in [4.78, 5) is 17.5. The third-order valence-corrected chi connectivity index (χ3v) is 5.96. The minimum atomic E-state index is -0.557. The Hall–Kier alpha value is -4.11. The minimum absolute atomic E-state index is 0.216. The van der Waals surface area contributed by atoms with Gasteiger partial charge >= 0.3 is 5.76 Å². The van der Waals surface area contributed by atoms with E-state index in [9.17, 15) is 9.90 Å². The number of aromatic nitrogens is 3. The van der Waals surface area contributed by atoms with Crippen molar-refractivity contribution in [1.82, 2.24) is 14.7 Å². The van der Waals surface area contributed by atoms with Gasteiger partial charge in [-0.2, -0.15) is 0 Å². The molecule has 2 aromatic carbocycles. The summed E-state index contributed by atoms with van der Waals surface area (Å²) in [5.74, 6) is 1.32. The number of aliphatic hydroxyl groups excluding tert-OH is 1. The van der Waals surface area contributed by atoms with E-state index in [1.165, 1.54) is 4.57 Å². The molecular weight excluding hydrogens is 438 g/mol. The average Bonchev–Trinajstić information content (AvgIpc) is 3.36. The number of ether oxygens (including phenoxy) is 2. The zero-order chi connectivity index (χ0) is 24.0. The van der Waals surface area contributed by atoms with Crippen molar-refractivity contribution in [2.75, 3.05) is 14.2 Å². The molecule has 0 radical (unpaired) electrons. The van der Waals surface area contributed by atoms with Gasteiger partial charge in [0.1, 0.15) is 28.5 Å². The monoisotopic (exact) mass is 461 g/mol. The standard InChI is InChI=1S/C25H23N3O6/c1-13-22(14(2)34-27-13)17-9-18-16(10-21(17)32-4)23-24(19(12-29)26-18)33-25(30)28(23)11-15-7-5-6-8-20(15)31-3/h5-10,29H,11-12H2,1-4H3. The van der Waals surface area contributed by atoms with Crippen molar-refractivity contribution in [3.63, 3.8) is 0 Å². The van der Waals surface area contributed by atoms with Gasteiger partial charge in [-0.15, -0.1) is 0 Å². The summed E-state index contributed by atoms with van der Waals surface area (Å²) in [6, 6.07) is 11.1. The molecule has 9 nitrogen and oxygen atoms in total. The molecule has 0 saturated heterocycles. The van der Waals surface area contributed by atoms with E-state index >= 15 is 0 Å². The highest BCUT2D eigenvalue weighted by Crippen LogP contribution is 2.39. The summed E-state index contributed by atoms with van der Waals surface area (Å²) in [6.07, 6.45) is 0. The topological polar surface area (TPSA) is 113 Å². The Bertz CT molecular complexity index is 1570. The van der Waals surface area contributed by atoms with Crippen LogP contribution in [0.5, 0.6) is 11.5 Å². The summed E-state index contributed by atoms with van der Waals surface area (Å²) in [6.45, 7) is 3.51. The number of oxazole rings is 1. The van der Waals surface area contributed by atoms with Crippen LogP contribution in [-0.2, 0) is 13.2 Å². The molecule has 0 aliphatic heterocycles. The number of fused-ring (bicyclic) bond motifs is 3. The average molecular weight is 461 g/mol. The number of hydrogen-bond acceptors (Lipinski definition) is 8. The van der Waals surface area contributed by atoms with Crippen molar-refractivity contribution in [2.45, 2.75) is 27.0 Å². The summed E-state index contributed by atoms with van der Waals surface area (Å²) in [5.41, 5.74) is 4.69. The highest BCUT2D eigenvalue weighted by atomic mass is 16.5. The molecule has 0 fully saturated rings. The Balaban J connectivity index is 1.83. The first-order chi connectivity index (χ1) is 16.5. The highest BCUT2D eigenvalue weighted by molar-refractivity contribution is 6.05. The molecule has 0 saturated carbocycles. The summed E-state index contributed by atoms with van der Waals surface area (Å²) in [7, 11) is 3.16. The second-order valence-electron chi connectivity index (χ2n) is 7.93. The van der Waals surface area contributed by atoms with E-state index in [1.807, 2.05) is 50.2 Å². The number of methoxy groups -OCH3 is 2. The molecule has 0 aliphatic rings. The van der Waals surface area contributed by atoms with Gasteiger partial charge in [0.15, 0.2) is 5.58 Å². The maximum Gasteiger partial charge on any atom is 0.420 e. The quantitative estimate of drug-likeness (QED) is 0.404. The maximum atomic E-state index is 12.9. The van der Waals surface area contributed by atoms with Crippen LogP contribution in [0.15, 0.2) is 50.1 Å². The van der Waals surface area contributed by atoms with Gasteiger partial charge in [-0.05, 0) is 32.0 Å². The van der Waals surface area contributed by atoms with E-state index in [0.29, 0.717) is 33.7 Å². The Labute approximate surface area is 194 Å². The van der Waals surface area contributed by atoms with Crippen molar-refractivity contribution in [3.8, 4) is 22.6 Å². The fraction of sp³-hybridized carbons (Fsp3) is 0.240. The largest absolute Gasteiger partial charge is 0.496 e. The normalized spacial score (nSPS) is 11.4. The van der Waals surface area contributed by atoms with Crippen LogP contribution in [0.2, 0.25) is 0 Å². The Morgan fingerprint density at radius 2 is 1.85 bits per heavy atom. The van der Waals surface area contributed by atoms with Crippen molar-refractivity contribution in [1.29, 1.82) is 0 Å². The maximum absolute atomic E-state index is 12.9. The van der Waals surface area contributed by atoms with Gasteiger partial charge in [0, 0.05) is 16.5 Å². The first-order valence-electron chi connectivity index (χ1n) is 10.7. The second kappa shape index (κ2) is 8.35. The number of rotatable bonds is 6. The minimum Gasteiger partial charge on any atom is -0.496 e. The highest BCUT2D eigenvalue weighted by Gasteiger charge is 2.23. The van der Waals surface area contributed by atoms with E-state index in [4.69, 9.17) is 18.4 Å². The molecule has 0 aliphatic carbocycles. The van der Waals surface area contributed by atoms with Crippen LogP contribution in [0, 0.1) is 13.8 Å². The van der Waals surface area contributed by atoms with Gasteiger partial charge < -0.3 is 23.5 Å². The Kier molecular flexibility index (Phi) is 5.33. The van der Waals surface area contributed by atoms with Crippen molar-refractivity contribution in [3.05, 3.63) is 69.7 Å². The molecule has 174 valence electrons. The van der Waals surface area contributed by atoms with Crippen molar-refractivity contribution in [2.24, 2.45) is 0 Å². The molecule has 3 heterocycles. The lowest BCUT2D eigenvalue weighted by Gasteiger charge is -2.13. The summed E-state index contributed by atoms with van der Waals surface area (Å²) in [5, 5.41) is 14.7. The van der Waals surface area contributed by atoms with E-state index in [1.54, 1.807) is 14.2 Å². The van der Waals surface area contributed by atoms with Gasteiger partial charge in [0.25, 0.3) is 0 Å². The van der Waals surface area contributed by atoms with Gasteiger partial charge in [0.05, 0.1) is 44.1 Å². The van der Waals surface area contributed by atoms with Gasteiger partial charge in [0.2, 0.25) is 0 Å². The van der Waals surface area contributed by atoms with E-state index < -0.39 is 5.76 Å². The van der Waals surface area contributed by atoms with Gasteiger partial charge in [-0.25, -0.2) is 9.78 Å². The molecule has 0 amide bonds. The van der Waals surface area contributed by atoms with Gasteiger partial charge in [-0.3, -0.25) is 4.57 Å². The molecule has 5 aromatic rings. The molecule has 5 rings (SSSR count). The SMILES string of the molecule is COc1ccccc1Cn1c(=O)oc2c(CO)nc3cc(-c4c(C)noc4C)c(OC)cc3c21. The third-order valence-electron chi connectivity index (χ3n) is 5.96. The number of hydrogen-bond donors (Lipinski definition) is 1. The Morgan fingerprint density at radius 3 is 2.53 bits per heavy atom. The Morgan fingerprint density at radius 1 is 1.09 bits per heavy atom. The lowest BCUT2D eigenvalue weighted by Crippen LogP contribution is -2.15. The zero-order valence-electron chi connectivity index (χ0n) is 19.2. The molecule has 34 heavy (non-hydrogen) atoms. The summed E-state index contributed by atoms with van der Waals surface area (Å²) >= 11 is 0. The number of benzene rings is 2. The molecular formula is C25H23N3O6. The van der Waals surface area contributed by atoms with Crippen LogP contribution in [-0.4, -0.2) is 34.0 Å². The number of para-hydroxylation sites is 1. The van der Waals surface area contributed by atoms with Gasteiger partial charge in [-0.1, -0.05) is 23.4 Å². The predicted octanol–water partition coefficient (Wildman–Crippen LogP) is 3.97. The molecule has 1 N–H and O–H groups in total. The summed E-state index contributed by atoms with van der Waals surface area (Å²) < 4.78 is 23.6. The van der Waals surface area contributed by atoms with E-state index in [-0.39, 0.29) is 24.4 Å². The lowest BCUT2D eigenvalue weighted by molar-refractivity contribution is 0.277. The van der Waals surface area contributed by atoms with Crippen molar-refractivity contribution < 1.29 is 23.5 Å². The number of pyridine rings is 1. The van der Waals surface area contributed by atoms with Crippen LogP contribution in [0.4, 0.5) is 0 Å². The van der Waals surface area contributed by atoms with E-state index in [2.05, 4.69) is 10.1 Å². The molecule has 9 heteroatoms. The molecule has 0 spiro atoms. The molecule has 0 atom stereocenters. The van der Waals surface area contributed by atoms with Crippen molar-refractivity contribution >= 4 is 22.0 Å². The van der Waals surface area contributed by atoms with E-state index in [0.717, 1.165) is 22.4 Å². The third kappa shape index (κ3) is 3.32. The smallest absolute Gasteiger partial charge is 0.420 e. The van der Waals surface area contributed by atoms with Crippen LogP contribution < -0.4 is 15.2 Å². The number of aryl methyl sites for hydroxylation is 2. The molecule has 3 aromatic heterocycles. The first kappa shape index (κ1) is 21.7. The van der Waals surface area contributed by atoms with Crippen LogP contribution >= 0.6 is 0 Å². The molecule has 0 unspecified atom stereocenters. The van der Waals surface area contributed by atoms with Crippen LogP contribution in [0.25, 0.3) is 33.1 Å². The van der Waals surface area contributed by atoms with Crippen LogP contribution in [0.3, 0.4) is 0 Å². The number of aliphatic hydroxyl groups is 1. The number of nitrogens with zero attached hydrogens (tertiary/aromatic N) is 3.